The Morgan fingerprint density at radius 2 is 2.17 bits per heavy atom. The molecule has 2 heterocycles. The lowest BCUT2D eigenvalue weighted by Gasteiger charge is -2.33. The number of piperidine rings is 1. The molecule has 1 aromatic heterocycles. The van der Waals surface area contributed by atoms with Gasteiger partial charge in [-0.2, -0.15) is 0 Å². The molecule has 1 aliphatic rings. The van der Waals surface area contributed by atoms with Gasteiger partial charge in [0, 0.05) is 31.2 Å². The molecule has 0 aliphatic carbocycles. The Balaban J connectivity index is 0.00000288. The molecule has 0 radical (unpaired) electrons. The highest BCUT2D eigenvalue weighted by atomic mass is 127. The van der Waals surface area contributed by atoms with Gasteiger partial charge in [0.2, 0.25) is 0 Å². The predicted molar refractivity (Wildman–Crippen MR) is 108 cm³/mol. The first-order valence-corrected chi connectivity index (χ1v) is 9.05. The van der Waals surface area contributed by atoms with E-state index in [2.05, 4.69) is 27.1 Å². The maximum atomic E-state index is 11.8. The number of ether oxygens (including phenoxy) is 1. The van der Waals surface area contributed by atoms with E-state index < -0.39 is 0 Å². The van der Waals surface area contributed by atoms with Crippen LogP contribution in [0.1, 0.15) is 36.6 Å². The zero-order valence-electron chi connectivity index (χ0n) is 14.6. The van der Waals surface area contributed by atoms with Gasteiger partial charge >= 0.3 is 5.97 Å². The summed E-state index contributed by atoms with van der Waals surface area (Å²) in [6, 6.07) is 0. The Morgan fingerprint density at radius 3 is 2.71 bits per heavy atom. The zero-order chi connectivity index (χ0) is 16.7. The number of halogens is 1. The largest absolute Gasteiger partial charge is 0.466 e. The van der Waals surface area contributed by atoms with Crippen molar-refractivity contribution >= 4 is 47.2 Å². The Morgan fingerprint density at radius 1 is 1.46 bits per heavy atom. The van der Waals surface area contributed by atoms with Crippen LogP contribution < -0.4 is 5.32 Å². The summed E-state index contributed by atoms with van der Waals surface area (Å²) in [4.78, 5) is 24.1. The first-order valence-electron chi connectivity index (χ1n) is 8.23. The molecule has 0 bridgehead atoms. The quantitative estimate of drug-likeness (QED) is 0.313. The lowest BCUT2D eigenvalue weighted by atomic mass is 9.97. The van der Waals surface area contributed by atoms with Crippen molar-refractivity contribution in [2.24, 2.45) is 10.9 Å². The van der Waals surface area contributed by atoms with Gasteiger partial charge in [-0.1, -0.05) is 6.92 Å². The maximum absolute atomic E-state index is 11.8. The van der Waals surface area contributed by atoms with Crippen molar-refractivity contribution in [1.82, 2.24) is 15.2 Å². The number of hydrogen-bond donors (Lipinski definition) is 1. The zero-order valence-corrected chi connectivity index (χ0v) is 17.7. The van der Waals surface area contributed by atoms with Crippen molar-refractivity contribution in [1.29, 1.82) is 0 Å². The van der Waals surface area contributed by atoms with Gasteiger partial charge in [-0.25, -0.2) is 4.98 Å². The highest BCUT2D eigenvalue weighted by Crippen LogP contribution is 2.19. The lowest BCUT2D eigenvalue weighted by Crippen LogP contribution is -2.46. The van der Waals surface area contributed by atoms with Crippen LogP contribution in [0, 0.1) is 5.92 Å². The van der Waals surface area contributed by atoms with E-state index in [9.17, 15) is 4.79 Å². The molecular formula is C16H27IN4O2S. The van der Waals surface area contributed by atoms with E-state index in [1.165, 1.54) is 4.88 Å². The van der Waals surface area contributed by atoms with Crippen LogP contribution >= 0.6 is 35.3 Å². The number of carbonyl (C=O) groups excluding carboxylic acids is 1. The number of aliphatic imine (C=N–C) groups is 1. The maximum Gasteiger partial charge on any atom is 0.309 e. The number of carbonyl (C=O) groups is 1. The van der Waals surface area contributed by atoms with Gasteiger partial charge in [0.15, 0.2) is 5.96 Å². The first-order chi connectivity index (χ1) is 11.2. The van der Waals surface area contributed by atoms with E-state index in [0.717, 1.165) is 43.3 Å². The van der Waals surface area contributed by atoms with Crippen LogP contribution in [0.3, 0.4) is 0 Å². The summed E-state index contributed by atoms with van der Waals surface area (Å²) in [6.07, 6.45) is 4.59. The molecule has 1 fully saturated rings. The van der Waals surface area contributed by atoms with E-state index in [4.69, 9.17) is 4.74 Å². The number of likely N-dealkylation sites (tertiary alicyclic amines) is 1. The lowest BCUT2D eigenvalue weighted by molar-refractivity contribution is -0.149. The average molecular weight is 466 g/mol. The number of aryl methyl sites for hydroxylation is 1. The van der Waals surface area contributed by atoms with Gasteiger partial charge in [0.05, 0.1) is 19.1 Å². The summed E-state index contributed by atoms with van der Waals surface area (Å²) < 4.78 is 5.11. The third-order valence-corrected chi connectivity index (χ3v) is 5.12. The van der Waals surface area contributed by atoms with Crippen molar-refractivity contribution in [2.75, 3.05) is 26.7 Å². The summed E-state index contributed by atoms with van der Waals surface area (Å²) >= 11 is 1.73. The van der Waals surface area contributed by atoms with Gasteiger partial charge in [-0.15, -0.1) is 35.3 Å². The smallest absolute Gasteiger partial charge is 0.309 e. The van der Waals surface area contributed by atoms with Crippen LogP contribution in [0.2, 0.25) is 0 Å². The molecule has 1 saturated heterocycles. The molecule has 6 nitrogen and oxygen atoms in total. The average Bonchev–Trinajstić information content (AvgIpc) is 3.04. The number of thiazole rings is 1. The molecule has 0 spiro atoms. The fourth-order valence-corrected chi connectivity index (χ4v) is 3.47. The van der Waals surface area contributed by atoms with Crippen LogP contribution in [-0.4, -0.2) is 48.6 Å². The Labute approximate surface area is 165 Å². The third-order valence-electron chi connectivity index (χ3n) is 3.97. The van der Waals surface area contributed by atoms with Crippen molar-refractivity contribution in [3.63, 3.8) is 0 Å². The molecule has 1 aliphatic heterocycles. The van der Waals surface area contributed by atoms with Crippen molar-refractivity contribution < 1.29 is 9.53 Å². The third kappa shape index (κ3) is 5.87. The number of nitrogens with one attached hydrogen (secondary N) is 1. The van der Waals surface area contributed by atoms with Crippen LogP contribution in [0.15, 0.2) is 11.2 Å². The van der Waals surface area contributed by atoms with Crippen LogP contribution in [0.4, 0.5) is 0 Å². The number of rotatable bonds is 5. The molecule has 1 aromatic rings. The van der Waals surface area contributed by atoms with E-state index in [-0.39, 0.29) is 35.9 Å². The highest BCUT2D eigenvalue weighted by Gasteiger charge is 2.27. The van der Waals surface area contributed by atoms with Gasteiger partial charge in [0.1, 0.15) is 5.01 Å². The van der Waals surface area contributed by atoms with Crippen molar-refractivity contribution in [2.45, 2.75) is 39.7 Å². The normalized spacial score (nSPS) is 15.8. The Kier molecular flexibility index (Phi) is 9.57. The molecule has 0 saturated carbocycles. The standard InChI is InChI=1S/C16H26N4O2S.HI/c1-4-13-10-18-14(23-13)11-19-16(17-3)20-8-6-12(7-9-20)15(21)22-5-2;/h10,12H,4-9,11H2,1-3H3,(H,17,19);1H. The first kappa shape index (κ1) is 21.1. The van der Waals surface area contributed by atoms with Crippen LogP contribution in [0.25, 0.3) is 0 Å². The van der Waals surface area contributed by atoms with Crippen LogP contribution in [-0.2, 0) is 22.5 Å². The summed E-state index contributed by atoms with van der Waals surface area (Å²) in [5.41, 5.74) is 0. The van der Waals surface area contributed by atoms with E-state index in [0.29, 0.717) is 13.2 Å². The number of nitrogens with zero attached hydrogens (tertiary/aromatic N) is 3. The SMILES string of the molecule is CCOC(=O)C1CCN(C(=NC)NCc2ncc(CC)s2)CC1.I. The van der Waals surface area contributed by atoms with Gasteiger partial charge in [-0.3, -0.25) is 9.79 Å². The van der Waals surface area contributed by atoms with Crippen LogP contribution in [0.5, 0.6) is 0 Å². The molecule has 0 aromatic carbocycles. The van der Waals surface area contributed by atoms with Gasteiger partial charge in [-0.05, 0) is 26.2 Å². The fourth-order valence-electron chi connectivity index (χ4n) is 2.67. The van der Waals surface area contributed by atoms with E-state index in [1.807, 2.05) is 13.1 Å². The topological polar surface area (TPSA) is 66.8 Å². The number of guanidine groups is 1. The summed E-state index contributed by atoms with van der Waals surface area (Å²) in [6.45, 7) is 6.77. The second-order valence-corrected chi connectivity index (χ2v) is 6.69. The molecule has 0 unspecified atom stereocenters. The summed E-state index contributed by atoms with van der Waals surface area (Å²) in [7, 11) is 1.79. The van der Waals surface area contributed by atoms with Crippen molar-refractivity contribution in [3.05, 3.63) is 16.1 Å². The summed E-state index contributed by atoms with van der Waals surface area (Å²) in [5, 5.41) is 4.44. The van der Waals surface area contributed by atoms with Gasteiger partial charge in [0.25, 0.3) is 0 Å². The molecule has 1 N–H and O–H groups in total. The highest BCUT2D eigenvalue weighted by molar-refractivity contribution is 14.0. The molecule has 136 valence electrons. The van der Waals surface area contributed by atoms with Crippen molar-refractivity contribution in [3.8, 4) is 0 Å². The molecule has 24 heavy (non-hydrogen) atoms. The minimum atomic E-state index is -0.0648. The second kappa shape index (κ2) is 10.9. The van der Waals surface area contributed by atoms with E-state index in [1.54, 1.807) is 18.4 Å². The minimum absolute atomic E-state index is 0. The summed E-state index contributed by atoms with van der Waals surface area (Å²) in [5.74, 6) is 0.834. The Bertz CT molecular complexity index is 542. The minimum Gasteiger partial charge on any atom is -0.466 e. The molecule has 0 amide bonds. The molecule has 0 atom stereocenters. The fraction of sp³-hybridized carbons (Fsp3) is 0.688. The number of hydrogen-bond acceptors (Lipinski definition) is 5. The molecular weight excluding hydrogens is 439 g/mol. The molecule has 2 rings (SSSR count). The number of esters is 1. The second-order valence-electron chi connectivity index (χ2n) is 5.49. The molecule has 8 heteroatoms. The monoisotopic (exact) mass is 466 g/mol. The van der Waals surface area contributed by atoms with E-state index >= 15 is 0 Å². The predicted octanol–water partition coefficient (Wildman–Crippen LogP) is 2.67. The Hall–Kier alpha value is -0.900. The number of aromatic nitrogens is 1. The van der Waals surface area contributed by atoms with Gasteiger partial charge < -0.3 is 15.0 Å².